The van der Waals surface area contributed by atoms with Crippen molar-refractivity contribution in [2.24, 2.45) is 17.8 Å². The molecule has 1 saturated carbocycles. The zero-order valence-corrected chi connectivity index (χ0v) is 17.6. The predicted octanol–water partition coefficient (Wildman–Crippen LogP) is 4.31. The number of aliphatic carboxylic acids is 1. The van der Waals surface area contributed by atoms with Crippen LogP contribution in [0.2, 0.25) is 0 Å². The molecule has 0 radical (unpaired) electrons. The molecule has 1 unspecified atom stereocenters. The maximum absolute atomic E-state index is 10.6. The van der Waals surface area contributed by atoms with Crippen LogP contribution in [0, 0.1) is 30.1 Å². The van der Waals surface area contributed by atoms with Crippen molar-refractivity contribution < 1.29 is 24.5 Å². The lowest BCUT2D eigenvalue weighted by Crippen LogP contribution is -2.36. The van der Waals surface area contributed by atoms with Crippen LogP contribution >= 0.6 is 0 Å². The van der Waals surface area contributed by atoms with Crippen LogP contribution in [0.25, 0.3) is 0 Å². The number of carboxylic acid groups (broad SMARTS) is 1. The van der Waals surface area contributed by atoms with Gasteiger partial charge in [0, 0.05) is 24.7 Å². The fourth-order valence-corrected chi connectivity index (χ4v) is 4.43. The van der Waals surface area contributed by atoms with Gasteiger partial charge in [0.05, 0.1) is 19.3 Å². The summed E-state index contributed by atoms with van der Waals surface area (Å²) in [5, 5.41) is 19.0. The molecule has 0 amide bonds. The highest BCUT2D eigenvalue weighted by atomic mass is 16.7. The summed E-state index contributed by atoms with van der Waals surface area (Å²) < 4.78 is 12.1. The van der Waals surface area contributed by atoms with Crippen molar-refractivity contribution in [3.05, 3.63) is 24.3 Å². The molecule has 2 fully saturated rings. The second-order valence-corrected chi connectivity index (χ2v) is 8.11. The quantitative estimate of drug-likeness (QED) is 0.288. The van der Waals surface area contributed by atoms with Crippen LogP contribution in [-0.2, 0) is 14.3 Å². The fraction of sp³-hybridized carbons (Fsp3) is 0.708. The molecule has 4 atom stereocenters. The summed E-state index contributed by atoms with van der Waals surface area (Å²) in [6.07, 6.45) is 20.5. The molecule has 1 aliphatic heterocycles. The summed E-state index contributed by atoms with van der Waals surface area (Å²) in [6.45, 7) is 3.30. The summed E-state index contributed by atoms with van der Waals surface area (Å²) in [6, 6.07) is 0. The van der Waals surface area contributed by atoms with Gasteiger partial charge in [-0.15, -0.1) is 12.3 Å². The Morgan fingerprint density at radius 2 is 2.03 bits per heavy atom. The van der Waals surface area contributed by atoms with Gasteiger partial charge in [-0.1, -0.05) is 50.5 Å². The molecule has 162 valence electrons. The third-order valence-electron chi connectivity index (χ3n) is 5.97. The number of allylic oxidation sites excluding steroid dienone is 3. The largest absolute Gasteiger partial charge is 0.481 e. The van der Waals surface area contributed by atoms with Gasteiger partial charge in [0.15, 0.2) is 5.79 Å². The van der Waals surface area contributed by atoms with Crippen molar-refractivity contribution in [3.63, 3.8) is 0 Å². The van der Waals surface area contributed by atoms with E-state index in [1.807, 2.05) is 12.2 Å². The molecule has 29 heavy (non-hydrogen) atoms. The molecule has 5 heteroatoms. The van der Waals surface area contributed by atoms with Crippen molar-refractivity contribution in [3.8, 4) is 12.3 Å². The first-order valence-electron chi connectivity index (χ1n) is 11.0. The van der Waals surface area contributed by atoms with Gasteiger partial charge in [0.25, 0.3) is 0 Å². The van der Waals surface area contributed by atoms with E-state index in [0.717, 1.165) is 38.5 Å². The van der Waals surface area contributed by atoms with Crippen LogP contribution < -0.4 is 0 Å². The van der Waals surface area contributed by atoms with E-state index in [9.17, 15) is 9.90 Å². The molecule has 2 N–H and O–H groups in total. The van der Waals surface area contributed by atoms with Gasteiger partial charge in [-0.3, -0.25) is 4.79 Å². The van der Waals surface area contributed by atoms with Crippen molar-refractivity contribution in [2.45, 2.75) is 76.6 Å². The van der Waals surface area contributed by atoms with Crippen LogP contribution in [0.3, 0.4) is 0 Å². The molecule has 2 rings (SSSR count). The zero-order valence-electron chi connectivity index (χ0n) is 17.6. The predicted molar refractivity (Wildman–Crippen MR) is 113 cm³/mol. The van der Waals surface area contributed by atoms with Gasteiger partial charge >= 0.3 is 5.97 Å². The van der Waals surface area contributed by atoms with Crippen LogP contribution in [0.15, 0.2) is 24.3 Å². The molecule has 2 aliphatic rings. The van der Waals surface area contributed by atoms with E-state index in [2.05, 4.69) is 25.0 Å². The van der Waals surface area contributed by atoms with Crippen molar-refractivity contribution >= 4 is 5.97 Å². The number of ether oxygens (including phenoxy) is 2. The number of unbranched alkanes of at least 4 members (excludes halogenated alkanes) is 3. The van der Waals surface area contributed by atoms with Gasteiger partial charge in [-0.05, 0) is 31.6 Å². The first-order chi connectivity index (χ1) is 14.0. The summed E-state index contributed by atoms with van der Waals surface area (Å²) in [7, 11) is 0. The highest BCUT2D eigenvalue weighted by Crippen LogP contribution is 2.51. The van der Waals surface area contributed by atoms with E-state index in [1.165, 1.54) is 0 Å². The molecule has 0 aromatic carbocycles. The lowest BCUT2D eigenvalue weighted by molar-refractivity contribution is -0.184. The lowest BCUT2D eigenvalue weighted by atomic mass is 9.85. The minimum atomic E-state index is -0.763. The number of hydrogen-bond acceptors (Lipinski definition) is 4. The third kappa shape index (κ3) is 6.99. The first-order valence-corrected chi connectivity index (χ1v) is 11.0. The average molecular weight is 405 g/mol. The van der Waals surface area contributed by atoms with Crippen LogP contribution in [-0.4, -0.2) is 41.3 Å². The van der Waals surface area contributed by atoms with E-state index in [0.29, 0.717) is 26.1 Å². The summed E-state index contributed by atoms with van der Waals surface area (Å²) in [5.74, 6) is 1.68. The van der Waals surface area contributed by atoms with Gasteiger partial charge in [0.2, 0.25) is 0 Å². The monoisotopic (exact) mass is 404 g/mol. The van der Waals surface area contributed by atoms with Gasteiger partial charge in [-0.2, -0.15) is 0 Å². The summed E-state index contributed by atoms with van der Waals surface area (Å²) in [4.78, 5) is 10.6. The number of carboxylic acids is 1. The molecule has 0 bridgehead atoms. The maximum Gasteiger partial charge on any atom is 0.303 e. The van der Waals surface area contributed by atoms with Crippen molar-refractivity contribution in [1.82, 2.24) is 0 Å². The first kappa shape index (κ1) is 23.7. The molecule has 0 aromatic heterocycles. The van der Waals surface area contributed by atoms with Crippen LogP contribution in [0.1, 0.15) is 64.7 Å². The van der Waals surface area contributed by atoms with Crippen molar-refractivity contribution in [2.75, 3.05) is 13.2 Å². The Hall–Kier alpha value is -1.61. The summed E-state index contributed by atoms with van der Waals surface area (Å²) in [5.41, 5.74) is 0. The molecule has 1 saturated heterocycles. The van der Waals surface area contributed by atoms with E-state index < -0.39 is 17.9 Å². The molecule has 1 spiro atoms. The Morgan fingerprint density at radius 1 is 1.28 bits per heavy atom. The fourth-order valence-electron chi connectivity index (χ4n) is 4.43. The Bertz CT molecular complexity index is 597. The second-order valence-electron chi connectivity index (χ2n) is 8.11. The Labute approximate surface area is 175 Å². The lowest BCUT2D eigenvalue weighted by Gasteiger charge is -2.30. The van der Waals surface area contributed by atoms with Gasteiger partial charge < -0.3 is 19.7 Å². The maximum atomic E-state index is 10.6. The van der Waals surface area contributed by atoms with E-state index in [1.54, 1.807) is 0 Å². The smallest absolute Gasteiger partial charge is 0.303 e. The normalized spacial score (nSPS) is 27.1. The molecular formula is C24H36O5. The third-order valence-corrected chi connectivity index (χ3v) is 5.97. The molecule has 1 aliphatic carbocycles. The number of carbonyl (C=O) groups is 1. The Kier molecular flexibility index (Phi) is 9.93. The molecule has 1 heterocycles. The standard InChI is InChI=1S/C24H36O5/c1-3-5-8-11-20(25)14-15-21-19(4-2)18-24(28-16-17-29-24)22(21)12-9-6-7-10-13-23(26)27/h2,6,9,14-15,19-22,25H,3,5,7-8,10-13,16-18H2,1H3,(H,26,27)/t19-,20?,21+,22-/m0/s1. The van der Waals surface area contributed by atoms with E-state index >= 15 is 0 Å². The highest BCUT2D eigenvalue weighted by molar-refractivity contribution is 5.66. The topological polar surface area (TPSA) is 76.0 Å². The van der Waals surface area contributed by atoms with Gasteiger partial charge in [-0.25, -0.2) is 0 Å². The van der Waals surface area contributed by atoms with Gasteiger partial charge in [0.1, 0.15) is 0 Å². The number of aliphatic hydroxyl groups excluding tert-OH is 1. The highest BCUT2D eigenvalue weighted by Gasteiger charge is 2.55. The number of terminal acetylenes is 1. The van der Waals surface area contributed by atoms with Crippen molar-refractivity contribution in [1.29, 1.82) is 0 Å². The van der Waals surface area contributed by atoms with E-state index in [-0.39, 0.29) is 24.2 Å². The molecule has 5 nitrogen and oxygen atoms in total. The van der Waals surface area contributed by atoms with Crippen LogP contribution in [0.5, 0.6) is 0 Å². The zero-order chi connectivity index (χ0) is 21.1. The molecular weight excluding hydrogens is 368 g/mol. The number of hydrogen-bond donors (Lipinski definition) is 2. The van der Waals surface area contributed by atoms with E-state index in [4.69, 9.17) is 21.0 Å². The number of aliphatic hydroxyl groups is 1. The minimum absolute atomic E-state index is 0.0117. The Balaban J connectivity index is 2.03. The average Bonchev–Trinajstić information content (AvgIpc) is 3.28. The summed E-state index contributed by atoms with van der Waals surface area (Å²) >= 11 is 0. The minimum Gasteiger partial charge on any atom is -0.481 e. The number of rotatable bonds is 12. The Morgan fingerprint density at radius 3 is 2.69 bits per heavy atom. The SMILES string of the molecule is C#C[C@H]1CC2(OCCO2)[C@@H](CC=CCCCC(=O)O)[C@@H]1C=CC(O)CCCCC. The second kappa shape index (κ2) is 12.2. The molecule has 0 aromatic rings. The van der Waals surface area contributed by atoms with Crippen LogP contribution in [0.4, 0.5) is 0 Å².